The van der Waals surface area contributed by atoms with Crippen LogP contribution in [-0.4, -0.2) is 31.6 Å². The third kappa shape index (κ3) is 4.65. The highest BCUT2D eigenvalue weighted by Gasteiger charge is 2.51. The summed E-state index contributed by atoms with van der Waals surface area (Å²) in [6, 6.07) is 5.64. The van der Waals surface area contributed by atoms with Crippen LogP contribution in [-0.2, 0) is 14.3 Å². The minimum Gasteiger partial charge on any atom is -0.490 e. The van der Waals surface area contributed by atoms with Crippen molar-refractivity contribution in [2.24, 2.45) is 23.2 Å². The van der Waals surface area contributed by atoms with Crippen molar-refractivity contribution < 1.29 is 23.5 Å². The van der Waals surface area contributed by atoms with E-state index in [9.17, 15) is 14.0 Å². The molecule has 0 saturated heterocycles. The molecule has 1 aromatic carbocycles. The molecule has 5 rings (SSSR count). The van der Waals surface area contributed by atoms with Crippen LogP contribution >= 0.6 is 0 Å². The molecule has 0 atom stereocenters. The van der Waals surface area contributed by atoms with Crippen molar-refractivity contribution in [2.45, 2.75) is 44.9 Å². The summed E-state index contributed by atoms with van der Waals surface area (Å²) < 4.78 is 23.3. The van der Waals surface area contributed by atoms with Crippen molar-refractivity contribution in [3.63, 3.8) is 0 Å². The number of rotatable bonds is 8. The summed E-state index contributed by atoms with van der Waals surface area (Å²) in [5, 5.41) is 2.73. The van der Waals surface area contributed by atoms with Gasteiger partial charge in [-0.05, 0) is 86.0 Å². The highest BCUT2D eigenvalue weighted by Crippen LogP contribution is 2.61. The maximum atomic E-state index is 12.8. The van der Waals surface area contributed by atoms with E-state index in [4.69, 9.17) is 9.47 Å². The van der Waals surface area contributed by atoms with Crippen molar-refractivity contribution in [1.29, 1.82) is 0 Å². The lowest BCUT2D eigenvalue weighted by molar-refractivity contribution is -0.145. The Morgan fingerprint density at radius 2 is 1.61 bits per heavy atom. The molecular weight excluding hydrogens is 361 g/mol. The Balaban J connectivity index is 1.13. The lowest BCUT2D eigenvalue weighted by Gasteiger charge is -2.56. The van der Waals surface area contributed by atoms with E-state index < -0.39 is 5.97 Å². The van der Waals surface area contributed by atoms with Gasteiger partial charge in [-0.15, -0.1) is 0 Å². The average molecular weight is 389 g/mol. The molecule has 0 aromatic heterocycles. The van der Waals surface area contributed by atoms with Crippen LogP contribution in [0.25, 0.3) is 0 Å². The Labute approximate surface area is 165 Å². The molecule has 0 heterocycles. The molecule has 4 bridgehead atoms. The predicted molar refractivity (Wildman–Crippen MR) is 101 cm³/mol. The summed E-state index contributed by atoms with van der Waals surface area (Å²) in [5.41, 5.74) is 0.172. The summed E-state index contributed by atoms with van der Waals surface area (Å²) in [6.07, 6.45) is 8.14. The SMILES string of the molecule is O=C(CC12CC3CC(CC(C3)C1)C2)NCC(=O)OCCOc1ccc(F)cc1. The maximum absolute atomic E-state index is 12.8. The quantitative estimate of drug-likeness (QED) is 0.546. The number of carbonyl (C=O) groups excluding carboxylic acids is 2. The number of benzene rings is 1. The van der Waals surface area contributed by atoms with Gasteiger partial charge >= 0.3 is 5.97 Å². The van der Waals surface area contributed by atoms with E-state index in [1.165, 1.54) is 62.8 Å². The van der Waals surface area contributed by atoms with Gasteiger partial charge in [-0.25, -0.2) is 4.39 Å². The molecule has 0 unspecified atom stereocenters. The highest BCUT2D eigenvalue weighted by molar-refractivity contribution is 5.82. The number of amides is 1. The van der Waals surface area contributed by atoms with Gasteiger partial charge in [0.15, 0.2) is 0 Å². The predicted octanol–water partition coefficient (Wildman–Crippen LogP) is 3.47. The van der Waals surface area contributed by atoms with Gasteiger partial charge in [0.1, 0.15) is 31.3 Å². The van der Waals surface area contributed by atoms with E-state index in [2.05, 4.69) is 5.32 Å². The Morgan fingerprint density at radius 1 is 1.00 bits per heavy atom. The number of ether oxygens (including phenoxy) is 2. The average Bonchev–Trinajstić information content (AvgIpc) is 2.63. The number of hydrogen-bond acceptors (Lipinski definition) is 4. The largest absolute Gasteiger partial charge is 0.490 e. The molecule has 1 aromatic rings. The van der Waals surface area contributed by atoms with E-state index in [1.807, 2.05) is 0 Å². The van der Waals surface area contributed by atoms with Gasteiger partial charge < -0.3 is 14.8 Å². The van der Waals surface area contributed by atoms with E-state index in [-0.39, 0.29) is 36.9 Å². The highest BCUT2D eigenvalue weighted by atomic mass is 19.1. The van der Waals surface area contributed by atoms with Crippen LogP contribution in [0.4, 0.5) is 4.39 Å². The zero-order valence-electron chi connectivity index (χ0n) is 16.1. The van der Waals surface area contributed by atoms with Gasteiger partial charge in [-0.3, -0.25) is 9.59 Å². The molecule has 1 amide bonds. The molecule has 0 aliphatic heterocycles. The molecule has 0 radical (unpaired) electrons. The first-order valence-electron chi connectivity index (χ1n) is 10.3. The molecule has 0 spiro atoms. The van der Waals surface area contributed by atoms with Gasteiger partial charge in [-0.1, -0.05) is 0 Å². The molecule has 152 valence electrons. The molecule has 4 aliphatic rings. The fraction of sp³-hybridized carbons (Fsp3) is 0.636. The van der Waals surface area contributed by atoms with Crippen molar-refractivity contribution in [2.75, 3.05) is 19.8 Å². The third-order valence-corrected chi connectivity index (χ3v) is 6.56. The van der Waals surface area contributed by atoms with Crippen LogP contribution < -0.4 is 10.1 Å². The fourth-order valence-corrected chi connectivity index (χ4v) is 5.98. The van der Waals surface area contributed by atoms with Gasteiger partial charge in [0.2, 0.25) is 5.91 Å². The van der Waals surface area contributed by atoms with Gasteiger partial charge in [0.05, 0.1) is 0 Å². The molecule has 1 N–H and O–H groups in total. The second-order valence-electron chi connectivity index (χ2n) is 8.89. The molecule has 28 heavy (non-hydrogen) atoms. The van der Waals surface area contributed by atoms with Crippen LogP contribution in [0.2, 0.25) is 0 Å². The number of esters is 1. The van der Waals surface area contributed by atoms with Gasteiger partial charge in [0.25, 0.3) is 0 Å². The van der Waals surface area contributed by atoms with Gasteiger partial charge in [0, 0.05) is 6.42 Å². The van der Waals surface area contributed by atoms with Crippen LogP contribution in [0.3, 0.4) is 0 Å². The summed E-state index contributed by atoms with van der Waals surface area (Å²) in [6.45, 7) is 0.154. The fourth-order valence-electron chi connectivity index (χ4n) is 5.98. The number of hydrogen-bond donors (Lipinski definition) is 1. The van der Waals surface area contributed by atoms with Crippen LogP contribution in [0.15, 0.2) is 24.3 Å². The molecule has 5 nitrogen and oxygen atoms in total. The Kier molecular flexibility index (Phi) is 5.56. The molecular formula is C22H28FNO4. The van der Waals surface area contributed by atoms with Gasteiger partial charge in [-0.2, -0.15) is 0 Å². The minimum atomic E-state index is -0.471. The summed E-state index contributed by atoms with van der Waals surface area (Å²) in [4.78, 5) is 24.2. The summed E-state index contributed by atoms with van der Waals surface area (Å²) in [5.74, 6) is 2.10. The molecule has 4 aliphatic carbocycles. The molecule has 4 fully saturated rings. The lowest BCUT2D eigenvalue weighted by atomic mass is 9.49. The standard InChI is InChI=1S/C22H28FNO4/c23-18-1-3-19(4-2-18)27-5-6-28-21(26)14-24-20(25)13-22-10-15-7-16(11-22)9-17(8-15)12-22/h1-4,15-17H,5-14H2,(H,24,25). The number of carbonyl (C=O) groups is 2. The van der Waals surface area contributed by atoms with E-state index in [0.29, 0.717) is 12.2 Å². The third-order valence-electron chi connectivity index (χ3n) is 6.56. The topological polar surface area (TPSA) is 64.6 Å². The molecule has 6 heteroatoms. The summed E-state index contributed by atoms with van der Waals surface area (Å²) in [7, 11) is 0. The Hall–Kier alpha value is -2.11. The van der Waals surface area contributed by atoms with Crippen molar-refractivity contribution in [3.8, 4) is 5.75 Å². The van der Waals surface area contributed by atoms with Crippen molar-refractivity contribution in [3.05, 3.63) is 30.1 Å². The normalized spacial score (nSPS) is 30.1. The molecule has 4 saturated carbocycles. The monoisotopic (exact) mass is 389 g/mol. The minimum absolute atomic E-state index is 0.0403. The first kappa shape index (κ1) is 19.2. The van der Waals surface area contributed by atoms with Crippen molar-refractivity contribution in [1.82, 2.24) is 5.32 Å². The van der Waals surface area contributed by atoms with Crippen LogP contribution in [0.5, 0.6) is 5.75 Å². The zero-order chi connectivity index (χ0) is 19.6. The van der Waals surface area contributed by atoms with E-state index >= 15 is 0 Å². The second-order valence-corrected chi connectivity index (χ2v) is 8.89. The smallest absolute Gasteiger partial charge is 0.325 e. The van der Waals surface area contributed by atoms with Crippen molar-refractivity contribution >= 4 is 11.9 Å². The maximum Gasteiger partial charge on any atom is 0.325 e. The first-order chi connectivity index (χ1) is 13.5. The summed E-state index contributed by atoms with van der Waals surface area (Å²) >= 11 is 0. The number of nitrogens with one attached hydrogen (secondary N) is 1. The van der Waals surface area contributed by atoms with Crippen LogP contribution in [0.1, 0.15) is 44.9 Å². The Morgan fingerprint density at radius 3 is 2.21 bits per heavy atom. The number of halogens is 1. The second kappa shape index (κ2) is 8.10. The zero-order valence-corrected chi connectivity index (χ0v) is 16.1. The van der Waals surface area contributed by atoms with E-state index in [0.717, 1.165) is 17.8 Å². The van der Waals surface area contributed by atoms with Crippen LogP contribution in [0, 0.1) is 29.0 Å². The Bertz CT molecular complexity index is 682. The lowest BCUT2D eigenvalue weighted by Crippen LogP contribution is -2.48. The van der Waals surface area contributed by atoms with E-state index in [1.54, 1.807) is 0 Å². The first-order valence-corrected chi connectivity index (χ1v) is 10.3.